The predicted octanol–water partition coefficient (Wildman–Crippen LogP) is 0.587. The van der Waals surface area contributed by atoms with Crippen molar-refractivity contribution in [2.45, 2.75) is 44.2 Å². The van der Waals surface area contributed by atoms with Crippen LogP contribution in [0.4, 0.5) is 0 Å². The fraction of sp³-hybridized carbons (Fsp3) is 1.00. The number of aliphatic hydroxyl groups is 1. The first-order valence-corrected chi connectivity index (χ1v) is 6.23. The number of hydrogen-bond donors (Lipinski definition) is 2. The summed E-state index contributed by atoms with van der Waals surface area (Å²) in [5, 5.41) is 9.06. The van der Waals surface area contributed by atoms with E-state index in [-0.39, 0.29) is 6.61 Å². The number of aliphatic hydroxyl groups excluding tert-OH is 1. The monoisotopic (exact) mass is 230 g/mol. The summed E-state index contributed by atoms with van der Waals surface area (Å²) in [7, 11) is 2.09. The maximum atomic E-state index is 9.06. The largest absolute Gasteiger partial charge is 0.394 e. The second-order valence-corrected chi connectivity index (χ2v) is 5.31. The van der Waals surface area contributed by atoms with Gasteiger partial charge < -0.3 is 20.5 Å². The maximum absolute atomic E-state index is 9.06. The van der Waals surface area contributed by atoms with Crippen molar-refractivity contribution < 1.29 is 9.84 Å². The normalized spacial score (nSPS) is 25.7. The number of likely N-dealkylation sites (N-methyl/N-ethyl adjacent to an activating group) is 1. The van der Waals surface area contributed by atoms with Crippen molar-refractivity contribution in [1.29, 1.82) is 0 Å². The molecule has 1 aliphatic rings. The predicted molar refractivity (Wildman–Crippen MR) is 65.4 cm³/mol. The van der Waals surface area contributed by atoms with Crippen LogP contribution in [-0.4, -0.2) is 55.0 Å². The molecule has 0 amide bonds. The highest BCUT2D eigenvalue weighted by molar-refractivity contribution is 4.79. The first kappa shape index (κ1) is 13.9. The minimum absolute atomic E-state index is 0.0424. The summed E-state index contributed by atoms with van der Waals surface area (Å²) in [5.74, 6) is 0. The van der Waals surface area contributed by atoms with E-state index >= 15 is 0 Å². The van der Waals surface area contributed by atoms with Crippen LogP contribution in [-0.2, 0) is 4.74 Å². The zero-order chi connectivity index (χ0) is 12.0. The molecule has 0 aromatic rings. The molecule has 0 spiro atoms. The third kappa shape index (κ3) is 5.25. The van der Waals surface area contributed by atoms with Gasteiger partial charge in [-0.1, -0.05) is 0 Å². The van der Waals surface area contributed by atoms with Crippen molar-refractivity contribution in [2.75, 3.05) is 33.4 Å². The third-order valence-corrected chi connectivity index (χ3v) is 3.22. The van der Waals surface area contributed by atoms with E-state index in [1.807, 2.05) is 6.92 Å². The molecule has 0 aromatic carbocycles. The van der Waals surface area contributed by atoms with Gasteiger partial charge in [-0.05, 0) is 46.2 Å². The number of hydrogen-bond acceptors (Lipinski definition) is 4. The second kappa shape index (κ2) is 6.55. The van der Waals surface area contributed by atoms with E-state index < -0.39 is 5.54 Å². The molecule has 96 valence electrons. The van der Waals surface area contributed by atoms with Gasteiger partial charge >= 0.3 is 0 Å². The van der Waals surface area contributed by atoms with Gasteiger partial charge in [-0.15, -0.1) is 0 Å². The minimum Gasteiger partial charge on any atom is -0.394 e. The van der Waals surface area contributed by atoms with Crippen LogP contribution in [0.5, 0.6) is 0 Å². The molecule has 1 heterocycles. The van der Waals surface area contributed by atoms with E-state index in [2.05, 4.69) is 11.9 Å². The summed E-state index contributed by atoms with van der Waals surface area (Å²) in [5.41, 5.74) is 5.43. The van der Waals surface area contributed by atoms with Gasteiger partial charge in [-0.3, -0.25) is 0 Å². The van der Waals surface area contributed by atoms with Gasteiger partial charge in [-0.2, -0.15) is 0 Å². The highest BCUT2D eigenvalue weighted by Gasteiger charge is 2.20. The van der Waals surface area contributed by atoms with Gasteiger partial charge in [0.25, 0.3) is 0 Å². The van der Waals surface area contributed by atoms with Crippen molar-refractivity contribution >= 4 is 0 Å². The summed E-state index contributed by atoms with van der Waals surface area (Å²) in [4.78, 5) is 2.25. The lowest BCUT2D eigenvalue weighted by Gasteiger charge is -2.29. The van der Waals surface area contributed by atoms with Gasteiger partial charge in [-0.25, -0.2) is 0 Å². The standard InChI is InChI=1S/C12H26N2O2/c1-12(13,10-15)6-7-14(2)9-11-5-3-4-8-16-11/h11,15H,3-10,13H2,1-2H3. The SMILES string of the molecule is CN(CCC(C)(N)CO)CC1CCCCO1. The number of nitrogens with zero attached hydrogens (tertiary/aromatic N) is 1. The first-order chi connectivity index (χ1) is 7.53. The Labute approximate surface area is 98.8 Å². The van der Waals surface area contributed by atoms with E-state index in [0.29, 0.717) is 6.10 Å². The average molecular weight is 230 g/mol. The summed E-state index contributed by atoms with van der Waals surface area (Å²) >= 11 is 0. The Morgan fingerprint density at radius 1 is 1.50 bits per heavy atom. The fourth-order valence-electron chi connectivity index (χ4n) is 1.92. The van der Waals surface area contributed by atoms with Crippen molar-refractivity contribution in [3.63, 3.8) is 0 Å². The van der Waals surface area contributed by atoms with Crippen LogP contribution < -0.4 is 5.73 Å². The van der Waals surface area contributed by atoms with Crippen LogP contribution >= 0.6 is 0 Å². The highest BCUT2D eigenvalue weighted by atomic mass is 16.5. The summed E-state index contributed by atoms with van der Waals surface area (Å²) in [6.07, 6.45) is 4.85. The number of nitrogens with two attached hydrogens (primary N) is 1. The van der Waals surface area contributed by atoms with Gasteiger partial charge in [0.1, 0.15) is 0 Å². The molecule has 4 heteroatoms. The van der Waals surface area contributed by atoms with Crippen molar-refractivity contribution in [2.24, 2.45) is 5.73 Å². The zero-order valence-electron chi connectivity index (χ0n) is 10.6. The topological polar surface area (TPSA) is 58.7 Å². The molecule has 1 saturated heterocycles. The highest BCUT2D eigenvalue weighted by Crippen LogP contribution is 2.14. The lowest BCUT2D eigenvalue weighted by atomic mass is 10.0. The Kier molecular flexibility index (Phi) is 5.69. The molecule has 0 radical (unpaired) electrons. The van der Waals surface area contributed by atoms with Crippen LogP contribution in [0.15, 0.2) is 0 Å². The minimum atomic E-state index is -0.457. The fourth-order valence-corrected chi connectivity index (χ4v) is 1.92. The summed E-state index contributed by atoms with van der Waals surface area (Å²) in [6.45, 7) is 4.72. The Bertz CT molecular complexity index is 191. The Hall–Kier alpha value is -0.160. The third-order valence-electron chi connectivity index (χ3n) is 3.22. The molecule has 1 aliphatic heterocycles. The molecule has 16 heavy (non-hydrogen) atoms. The summed E-state index contributed by atoms with van der Waals surface area (Å²) in [6, 6.07) is 0. The Morgan fingerprint density at radius 2 is 2.25 bits per heavy atom. The lowest BCUT2D eigenvalue weighted by Crippen LogP contribution is -2.44. The van der Waals surface area contributed by atoms with Gasteiger partial charge in [0.05, 0.1) is 12.7 Å². The molecule has 0 aliphatic carbocycles. The van der Waals surface area contributed by atoms with Crippen LogP contribution in [0.2, 0.25) is 0 Å². The van der Waals surface area contributed by atoms with E-state index in [1.165, 1.54) is 19.3 Å². The molecule has 2 atom stereocenters. The van der Waals surface area contributed by atoms with E-state index in [9.17, 15) is 0 Å². The van der Waals surface area contributed by atoms with Crippen molar-refractivity contribution in [3.8, 4) is 0 Å². The second-order valence-electron chi connectivity index (χ2n) is 5.31. The molecular formula is C12H26N2O2. The average Bonchev–Trinajstić information content (AvgIpc) is 2.28. The van der Waals surface area contributed by atoms with Gasteiger partial charge in [0.2, 0.25) is 0 Å². The summed E-state index contributed by atoms with van der Waals surface area (Å²) < 4.78 is 5.68. The van der Waals surface area contributed by atoms with E-state index in [4.69, 9.17) is 15.6 Å². The van der Waals surface area contributed by atoms with Crippen molar-refractivity contribution in [1.82, 2.24) is 4.90 Å². The molecule has 2 unspecified atom stereocenters. The van der Waals surface area contributed by atoms with Gasteiger partial charge in [0.15, 0.2) is 0 Å². The molecule has 1 fully saturated rings. The molecule has 0 bridgehead atoms. The Balaban J connectivity index is 2.17. The van der Waals surface area contributed by atoms with E-state index in [1.54, 1.807) is 0 Å². The van der Waals surface area contributed by atoms with Crippen LogP contribution in [0.1, 0.15) is 32.6 Å². The molecule has 0 saturated carbocycles. The molecule has 3 N–H and O–H groups in total. The smallest absolute Gasteiger partial charge is 0.0701 e. The molecular weight excluding hydrogens is 204 g/mol. The molecule has 0 aromatic heterocycles. The number of ether oxygens (including phenoxy) is 1. The van der Waals surface area contributed by atoms with Crippen LogP contribution in [0.25, 0.3) is 0 Å². The molecule has 4 nitrogen and oxygen atoms in total. The maximum Gasteiger partial charge on any atom is 0.0701 e. The van der Waals surface area contributed by atoms with Crippen molar-refractivity contribution in [3.05, 3.63) is 0 Å². The van der Waals surface area contributed by atoms with Gasteiger partial charge in [0, 0.05) is 18.7 Å². The lowest BCUT2D eigenvalue weighted by molar-refractivity contribution is -0.00257. The van der Waals surface area contributed by atoms with Crippen LogP contribution in [0.3, 0.4) is 0 Å². The quantitative estimate of drug-likeness (QED) is 0.701. The molecule has 1 rings (SSSR count). The van der Waals surface area contributed by atoms with E-state index in [0.717, 1.165) is 26.1 Å². The Morgan fingerprint density at radius 3 is 2.81 bits per heavy atom. The number of rotatable bonds is 6. The first-order valence-electron chi connectivity index (χ1n) is 6.23. The zero-order valence-corrected chi connectivity index (χ0v) is 10.6. The van der Waals surface area contributed by atoms with Crippen LogP contribution in [0, 0.1) is 0 Å².